The Hall–Kier alpha value is -1.76. The first-order valence-electron chi connectivity index (χ1n) is 7.64. The summed E-state index contributed by atoms with van der Waals surface area (Å²) in [6, 6.07) is 7.82. The average Bonchev–Trinajstić information content (AvgIpc) is 3.08. The fourth-order valence-electron chi connectivity index (χ4n) is 2.23. The predicted molar refractivity (Wildman–Crippen MR) is 93.8 cm³/mol. The van der Waals surface area contributed by atoms with Crippen LogP contribution in [0.3, 0.4) is 0 Å². The number of hydrogen-bond donors (Lipinski definition) is 1. The van der Waals surface area contributed by atoms with E-state index in [2.05, 4.69) is 4.98 Å². The molecule has 0 bridgehead atoms. The Morgan fingerprint density at radius 3 is 2.61 bits per heavy atom. The molecule has 1 aromatic heterocycles. The van der Waals surface area contributed by atoms with Gasteiger partial charge in [-0.15, -0.1) is 11.3 Å². The van der Waals surface area contributed by atoms with Crippen LogP contribution in [0.25, 0.3) is 0 Å². The van der Waals surface area contributed by atoms with Crippen molar-refractivity contribution < 1.29 is 9.90 Å². The lowest BCUT2D eigenvalue weighted by atomic mass is 10.1. The van der Waals surface area contributed by atoms with E-state index in [1.807, 2.05) is 48.4 Å². The number of aryl methyl sites for hydroxylation is 1. The number of hydrogen-bond acceptors (Lipinski definition) is 5. The normalized spacial score (nSPS) is 12.4. The topological polar surface area (TPSA) is 56.7 Å². The summed E-state index contributed by atoms with van der Waals surface area (Å²) in [5.74, 6) is -0.0297. The molecule has 6 heteroatoms. The molecule has 1 atom stereocenters. The van der Waals surface area contributed by atoms with Crippen LogP contribution >= 0.6 is 11.3 Å². The molecule has 1 heterocycles. The first-order chi connectivity index (χ1) is 11.0. The summed E-state index contributed by atoms with van der Waals surface area (Å²) in [7, 11) is 1.73. The average molecular weight is 333 g/mol. The molecule has 2 aromatic rings. The van der Waals surface area contributed by atoms with Gasteiger partial charge in [0.15, 0.2) is 5.13 Å². The molecule has 124 valence electrons. The predicted octanol–water partition coefficient (Wildman–Crippen LogP) is 2.47. The van der Waals surface area contributed by atoms with Crippen LogP contribution in [-0.2, 0) is 4.79 Å². The van der Waals surface area contributed by atoms with Crippen LogP contribution in [0.15, 0.2) is 35.8 Å². The number of aliphatic hydroxyl groups is 1. The van der Waals surface area contributed by atoms with E-state index in [1.165, 1.54) is 11.3 Å². The number of thiazole rings is 1. The van der Waals surface area contributed by atoms with Crippen LogP contribution in [0.2, 0.25) is 0 Å². The van der Waals surface area contributed by atoms with Crippen molar-refractivity contribution in [3.8, 4) is 0 Å². The van der Waals surface area contributed by atoms with Crippen LogP contribution in [0.5, 0.6) is 0 Å². The molecule has 1 unspecified atom stereocenters. The van der Waals surface area contributed by atoms with Gasteiger partial charge in [0.05, 0.1) is 12.6 Å². The molecule has 0 saturated heterocycles. The lowest BCUT2D eigenvalue weighted by Gasteiger charge is -2.25. The number of carbonyl (C=O) groups is 1. The fraction of sp³-hybridized carbons (Fsp3) is 0.412. The second kappa shape index (κ2) is 8.19. The van der Waals surface area contributed by atoms with Crippen molar-refractivity contribution in [2.45, 2.75) is 20.0 Å². The van der Waals surface area contributed by atoms with E-state index < -0.39 is 6.10 Å². The first-order valence-corrected chi connectivity index (χ1v) is 8.52. The summed E-state index contributed by atoms with van der Waals surface area (Å²) in [5, 5.41) is 12.9. The summed E-state index contributed by atoms with van der Waals surface area (Å²) in [4.78, 5) is 20.0. The maximum atomic E-state index is 12.3. The largest absolute Gasteiger partial charge is 0.387 e. The number of likely N-dealkylation sites (N-methyl/N-ethyl adjacent to an activating group) is 2. The van der Waals surface area contributed by atoms with E-state index in [1.54, 1.807) is 18.1 Å². The number of aliphatic hydroxyl groups excluding tert-OH is 1. The van der Waals surface area contributed by atoms with Gasteiger partial charge in [-0.3, -0.25) is 14.6 Å². The Labute approximate surface area is 141 Å². The highest BCUT2D eigenvalue weighted by atomic mass is 32.1. The summed E-state index contributed by atoms with van der Waals surface area (Å²) in [6.45, 7) is 5.38. The Kier molecular flexibility index (Phi) is 6.27. The smallest absolute Gasteiger partial charge is 0.242 e. The number of carbonyl (C=O) groups excluding carboxylic acids is 1. The number of rotatable bonds is 7. The van der Waals surface area contributed by atoms with Crippen molar-refractivity contribution in [3.63, 3.8) is 0 Å². The van der Waals surface area contributed by atoms with E-state index in [0.29, 0.717) is 18.2 Å². The molecular weight excluding hydrogens is 310 g/mol. The van der Waals surface area contributed by atoms with Crippen molar-refractivity contribution in [2.24, 2.45) is 0 Å². The van der Waals surface area contributed by atoms with Gasteiger partial charge in [0, 0.05) is 25.2 Å². The molecule has 0 radical (unpaired) electrons. The van der Waals surface area contributed by atoms with Crippen molar-refractivity contribution in [1.29, 1.82) is 0 Å². The number of benzene rings is 1. The molecule has 0 aliphatic rings. The highest BCUT2D eigenvalue weighted by Gasteiger charge is 2.19. The van der Waals surface area contributed by atoms with Crippen molar-refractivity contribution >= 4 is 22.4 Å². The quantitative estimate of drug-likeness (QED) is 0.846. The van der Waals surface area contributed by atoms with Crippen LogP contribution < -0.4 is 4.90 Å². The van der Waals surface area contributed by atoms with E-state index in [4.69, 9.17) is 0 Å². The molecule has 23 heavy (non-hydrogen) atoms. The number of amides is 1. The van der Waals surface area contributed by atoms with Crippen LogP contribution in [0, 0.1) is 6.92 Å². The first kappa shape index (κ1) is 17.6. The van der Waals surface area contributed by atoms with Gasteiger partial charge in [-0.2, -0.15) is 0 Å². The molecule has 0 aliphatic heterocycles. The fourth-order valence-corrected chi connectivity index (χ4v) is 2.85. The molecule has 1 N–H and O–H groups in total. The lowest BCUT2D eigenvalue weighted by molar-refractivity contribution is -0.119. The molecule has 1 aromatic carbocycles. The second-order valence-corrected chi connectivity index (χ2v) is 6.39. The zero-order chi connectivity index (χ0) is 16.8. The summed E-state index contributed by atoms with van der Waals surface area (Å²) >= 11 is 1.43. The molecule has 1 amide bonds. The van der Waals surface area contributed by atoms with Crippen molar-refractivity contribution in [1.82, 2.24) is 9.88 Å². The highest BCUT2D eigenvalue weighted by molar-refractivity contribution is 7.13. The zero-order valence-corrected chi connectivity index (χ0v) is 14.6. The van der Waals surface area contributed by atoms with Gasteiger partial charge in [-0.05, 0) is 19.0 Å². The molecule has 2 rings (SSSR count). The van der Waals surface area contributed by atoms with Gasteiger partial charge in [0.2, 0.25) is 5.91 Å². The summed E-state index contributed by atoms with van der Waals surface area (Å²) in [5.41, 5.74) is 2.03. The Bertz CT molecular complexity index is 613. The number of anilines is 1. The molecule has 0 spiro atoms. The van der Waals surface area contributed by atoms with Gasteiger partial charge in [-0.25, -0.2) is 4.98 Å². The molecule has 5 nitrogen and oxygen atoms in total. The molecule has 0 aliphatic carbocycles. The molecule has 0 fully saturated rings. The van der Waals surface area contributed by atoms with Gasteiger partial charge < -0.3 is 5.11 Å². The third-order valence-electron chi connectivity index (χ3n) is 3.78. The molecule has 0 saturated carbocycles. The van der Waals surface area contributed by atoms with E-state index in [0.717, 1.165) is 11.1 Å². The van der Waals surface area contributed by atoms with Gasteiger partial charge in [0.1, 0.15) is 0 Å². The van der Waals surface area contributed by atoms with E-state index in [9.17, 15) is 9.90 Å². The van der Waals surface area contributed by atoms with Crippen molar-refractivity contribution in [3.05, 3.63) is 47.0 Å². The van der Waals surface area contributed by atoms with Crippen LogP contribution in [0.4, 0.5) is 5.13 Å². The van der Waals surface area contributed by atoms with Gasteiger partial charge in [0.25, 0.3) is 0 Å². The lowest BCUT2D eigenvalue weighted by Crippen LogP contribution is -2.40. The third kappa shape index (κ3) is 4.86. The minimum Gasteiger partial charge on any atom is -0.387 e. The Morgan fingerprint density at radius 1 is 1.35 bits per heavy atom. The Balaban J connectivity index is 1.94. The minimum absolute atomic E-state index is 0.0297. The van der Waals surface area contributed by atoms with Crippen LogP contribution in [0.1, 0.15) is 24.2 Å². The third-order valence-corrected chi connectivity index (χ3v) is 4.63. The molecular formula is C17H23N3O2S. The van der Waals surface area contributed by atoms with Gasteiger partial charge in [-0.1, -0.05) is 36.8 Å². The van der Waals surface area contributed by atoms with Gasteiger partial charge >= 0.3 is 0 Å². The maximum absolute atomic E-state index is 12.3. The Morgan fingerprint density at radius 2 is 2.04 bits per heavy atom. The maximum Gasteiger partial charge on any atom is 0.242 e. The van der Waals surface area contributed by atoms with E-state index >= 15 is 0 Å². The monoisotopic (exact) mass is 333 g/mol. The summed E-state index contributed by atoms with van der Waals surface area (Å²) in [6.07, 6.45) is 1.08. The van der Waals surface area contributed by atoms with Crippen molar-refractivity contribution in [2.75, 3.05) is 31.6 Å². The zero-order valence-electron chi connectivity index (χ0n) is 13.8. The van der Waals surface area contributed by atoms with Crippen LogP contribution in [-0.4, -0.2) is 47.6 Å². The number of aromatic nitrogens is 1. The summed E-state index contributed by atoms with van der Waals surface area (Å²) < 4.78 is 0. The van der Waals surface area contributed by atoms with E-state index in [-0.39, 0.29) is 12.5 Å². The second-order valence-electron chi connectivity index (χ2n) is 5.52. The minimum atomic E-state index is -0.603. The SMILES string of the molecule is CCN(CC(=O)N(C)c1nccs1)CC(O)c1ccc(C)cc1. The number of nitrogens with zero attached hydrogens (tertiary/aromatic N) is 3. The standard InChI is InChI=1S/C17H23N3O2S/c1-4-20(11-15(21)14-7-5-13(2)6-8-14)12-16(22)19(3)17-18-9-10-23-17/h5-10,15,21H,4,11-12H2,1-3H3. The highest BCUT2D eigenvalue weighted by Crippen LogP contribution is 2.17.